The highest BCUT2D eigenvalue weighted by atomic mass is 16.6. The summed E-state index contributed by atoms with van der Waals surface area (Å²) in [6.45, 7) is 5.50. The molecule has 0 spiro atoms. The average Bonchev–Trinajstić information content (AvgIpc) is 2.03. The number of nitrogens with zero attached hydrogens (tertiary/aromatic N) is 1. The molecular weight excluding hydrogens is 154 g/mol. The number of para-hydroxylation sites is 1. The maximum absolute atomic E-state index is 10.6. The van der Waals surface area contributed by atoms with Crippen molar-refractivity contribution >= 4 is 5.69 Å². The van der Waals surface area contributed by atoms with Gasteiger partial charge >= 0.3 is 0 Å². The highest BCUT2D eigenvalue weighted by Gasteiger charge is 2.14. The van der Waals surface area contributed by atoms with Crippen LogP contribution in [0.2, 0.25) is 0 Å². The molecule has 0 unspecified atom stereocenters. The molecule has 3 nitrogen and oxygen atoms in total. The molecule has 0 amide bonds. The van der Waals surface area contributed by atoms with E-state index in [1.54, 1.807) is 18.2 Å². The molecule has 0 aliphatic rings. The summed E-state index contributed by atoms with van der Waals surface area (Å²) < 4.78 is 0. The summed E-state index contributed by atoms with van der Waals surface area (Å²) in [6.07, 6.45) is 0.666. The van der Waals surface area contributed by atoms with Crippen molar-refractivity contribution in [1.29, 1.82) is 0 Å². The van der Waals surface area contributed by atoms with Gasteiger partial charge in [0.05, 0.1) is 4.92 Å². The SMILES string of the molecule is [CH2]c1cccc(CC)c1[N+](=O)[O-]. The number of benzene rings is 1. The first-order chi connectivity index (χ1) is 5.66. The molecule has 1 aromatic carbocycles. The van der Waals surface area contributed by atoms with Crippen LogP contribution in [-0.2, 0) is 6.42 Å². The normalized spacial score (nSPS) is 9.83. The monoisotopic (exact) mass is 164 g/mol. The molecule has 0 aliphatic heterocycles. The summed E-state index contributed by atoms with van der Waals surface area (Å²) in [5.41, 5.74) is 1.38. The summed E-state index contributed by atoms with van der Waals surface area (Å²) >= 11 is 0. The van der Waals surface area contributed by atoms with Crippen molar-refractivity contribution in [1.82, 2.24) is 0 Å². The van der Waals surface area contributed by atoms with Crippen LogP contribution in [0, 0.1) is 17.0 Å². The van der Waals surface area contributed by atoms with E-state index in [0.717, 1.165) is 5.56 Å². The minimum Gasteiger partial charge on any atom is -0.258 e. The molecule has 0 N–H and O–H groups in total. The van der Waals surface area contributed by atoms with Crippen molar-refractivity contribution in [2.24, 2.45) is 0 Å². The number of nitro groups is 1. The summed E-state index contributed by atoms with van der Waals surface area (Å²) in [7, 11) is 0. The molecule has 0 heterocycles. The summed E-state index contributed by atoms with van der Waals surface area (Å²) in [4.78, 5) is 10.2. The quantitative estimate of drug-likeness (QED) is 0.497. The van der Waals surface area contributed by atoms with Crippen molar-refractivity contribution < 1.29 is 4.92 Å². The lowest BCUT2D eigenvalue weighted by Crippen LogP contribution is -1.96. The lowest BCUT2D eigenvalue weighted by molar-refractivity contribution is -0.385. The highest BCUT2D eigenvalue weighted by Crippen LogP contribution is 2.22. The molecule has 0 atom stereocenters. The van der Waals surface area contributed by atoms with Crippen LogP contribution in [0.5, 0.6) is 0 Å². The van der Waals surface area contributed by atoms with E-state index in [2.05, 4.69) is 6.92 Å². The molecular formula is C9H10NO2. The summed E-state index contributed by atoms with van der Waals surface area (Å²) in [5.74, 6) is 0. The van der Waals surface area contributed by atoms with Gasteiger partial charge in [0.2, 0.25) is 0 Å². The van der Waals surface area contributed by atoms with Gasteiger partial charge in [0.1, 0.15) is 0 Å². The largest absolute Gasteiger partial charge is 0.275 e. The molecule has 12 heavy (non-hydrogen) atoms. The van der Waals surface area contributed by atoms with Crippen molar-refractivity contribution in [3.8, 4) is 0 Å². The highest BCUT2D eigenvalue weighted by molar-refractivity contribution is 5.49. The molecule has 1 aromatic rings. The van der Waals surface area contributed by atoms with Crippen molar-refractivity contribution in [3.05, 3.63) is 46.4 Å². The second kappa shape index (κ2) is 3.34. The van der Waals surface area contributed by atoms with E-state index in [-0.39, 0.29) is 10.6 Å². The van der Waals surface area contributed by atoms with Crippen molar-refractivity contribution in [3.63, 3.8) is 0 Å². The number of aryl methyl sites for hydroxylation is 1. The van der Waals surface area contributed by atoms with E-state index in [9.17, 15) is 10.1 Å². The molecule has 0 saturated heterocycles. The van der Waals surface area contributed by atoms with Gasteiger partial charge in [-0.05, 0) is 13.3 Å². The van der Waals surface area contributed by atoms with Gasteiger partial charge in [-0.1, -0.05) is 25.1 Å². The van der Waals surface area contributed by atoms with E-state index < -0.39 is 0 Å². The predicted molar refractivity (Wildman–Crippen MR) is 46.9 cm³/mol. The Morgan fingerprint density at radius 3 is 2.67 bits per heavy atom. The van der Waals surface area contributed by atoms with Gasteiger partial charge in [-0.15, -0.1) is 0 Å². The molecule has 3 heteroatoms. The fourth-order valence-corrected chi connectivity index (χ4v) is 1.16. The zero-order valence-corrected chi connectivity index (χ0v) is 6.91. The van der Waals surface area contributed by atoms with Gasteiger partial charge in [0.15, 0.2) is 0 Å². The van der Waals surface area contributed by atoms with E-state index >= 15 is 0 Å². The summed E-state index contributed by atoms with van der Waals surface area (Å²) in [6, 6.07) is 5.19. The third-order valence-corrected chi connectivity index (χ3v) is 1.77. The van der Waals surface area contributed by atoms with E-state index in [4.69, 9.17) is 0 Å². The zero-order chi connectivity index (χ0) is 9.14. The Hall–Kier alpha value is -1.38. The molecule has 0 saturated carbocycles. The fourth-order valence-electron chi connectivity index (χ4n) is 1.16. The zero-order valence-electron chi connectivity index (χ0n) is 6.91. The van der Waals surface area contributed by atoms with Crippen LogP contribution in [-0.4, -0.2) is 4.92 Å². The molecule has 1 radical (unpaired) electrons. The molecule has 0 aromatic heterocycles. The average molecular weight is 164 g/mol. The van der Waals surface area contributed by atoms with Gasteiger partial charge < -0.3 is 0 Å². The lowest BCUT2D eigenvalue weighted by atomic mass is 10.1. The minimum atomic E-state index is -0.374. The maximum Gasteiger partial charge on any atom is 0.275 e. The van der Waals surface area contributed by atoms with E-state index in [0.29, 0.717) is 12.0 Å². The lowest BCUT2D eigenvalue weighted by Gasteiger charge is -2.01. The summed E-state index contributed by atoms with van der Waals surface area (Å²) in [5, 5.41) is 10.6. The Bertz CT molecular complexity index is 307. The van der Waals surface area contributed by atoms with Crippen LogP contribution in [0.4, 0.5) is 5.69 Å². The first-order valence-corrected chi connectivity index (χ1v) is 3.75. The van der Waals surface area contributed by atoms with Crippen LogP contribution in [0.25, 0.3) is 0 Å². The molecule has 0 fully saturated rings. The molecule has 0 aliphatic carbocycles. The van der Waals surface area contributed by atoms with Gasteiger partial charge in [0, 0.05) is 11.1 Å². The Kier molecular flexibility index (Phi) is 2.43. The van der Waals surface area contributed by atoms with Crippen LogP contribution >= 0.6 is 0 Å². The van der Waals surface area contributed by atoms with Crippen molar-refractivity contribution in [2.75, 3.05) is 0 Å². The Morgan fingerprint density at radius 2 is 2.25 bits per heavy atom. The topological polar surface area (TPSA) is 43.1 Å². The van der Waals surface area contributed by atoms with Gasteiger partial charge in [-0.25, -0.2) is 0 Å². The minimum absolute atomic E-state index is 0.153. The third-order valence-electron chi connectivity index (χ3n) is 1.77. The fraction of sp³-hybridized carbons (Fsp3) is 0.222. The number of hydrogen-bond acceptors (Lipinski definition) is 2. The smallest absolute Gasteiger partial charge is 0.258 e. The number of rotatable bonds is 2. The van der Waals surface area contributed by atoms with Crippen LogP contribution in [0.1, 0.15) is 18.1 Å². The van der Waals surface area contributed by atoms with E-state index in [1.807, 2.05) is 6.92 Å². The number of nitro benzene ring substituents is 1. The van der Waals surface area contributed by atoms with Crippen LogP contribution < -0.4 is 0 Å². The van der Waals surface area contributed by atoms with Crippen LogP contribution in [0.15, 0.2) is 18.2 Å². The second-order valence-corrected chi connectivity index (χ2v) is 2.54. The molecule has 1 rings (SSSR count). The maximum atomic E-state index is 10.6. The van der Waals surface area contributed by atoms with Gasteiger partial charge in [-0.2, -0.15) is 0 Å². The molecule has 0 bridgehead atoms. The third kappa shape index (κ3) is 1.44. The Morgan fingerprint density at radius 1 is 1.58 bits per heavy atom. The van der Waals surface area contributed by atoms with Gasteiger partial charge in [-0.3, -0.25) is 10.1 Å². The first kappa shape index (κ1) is 8.71. The second-order valence-electron chi connectivity index (χ2n) is 2.54. The molecule has 63 valence electrons. The van der Waals surface area contributed by atoms with Crippen LogP contribution in [0.3, 0.4) is 0 Å². The Balaban J connectivity index is 3.29. The predicted octanol–water partition coefficient (Wildman–Crippen LogP) is 2.34. The standard InChI is InChI=1S/C9H10NO2/c1-3-8-6-4-5-7(2)9(8)10(11)12/h4-6H,2-3H2,1H3. The van der Waals surface area contributed by atoms with Crippen molar-refractivity contribution in [2.45, 2.75) is 13.3 Å². The van der Waals surface area contributed by atoms with E-state index in [1.165, 1.54) is 0 Å². The Labute approximate surface area is 71.2 Å². The van der Waals surface area contributed by atoms with Gasteiger partial charge in [0.25, 0.3) is 5.69 Å². The number of hydrogen-bond donors (Lipinski definition) is 0. The first-order valence-electron chi connectivity index (χ1n) is 3.75.